The fourth-order valence-corrected chi connectivity index (χ4v) is 3.54. The first-order valence-corrected chi connectivity index (χ1v) is 9.12. The van der Waals surface area contributed by atoms with E-state index in [1.807, 2.05) is 20.8 Å². The van der Waals surface area contributed by atoms with Gasteiger partial charge in [-0.25, -0.2) is 4.79 Å². The van der Waals surface area contributed by atoms with E-state index in [4.69, 9.17) is 4.74 Å². The molecule has 0 aromatic heterocycles. The number of amides is 1. The van der Waals surface area contributed by atoms with Gasteiger partial charge < -0.3 is 15.4 Å². The van der Waals surface area contributed by atoms with Gasteiger partial charge in [-0.15, -0.1) is 0 Å². The van der Waals surface area contributed by atoms with Crippen LogP contribution in [0.1, 0.15) is 47.5 Å². The summed E-state index contributed by atoms with van der Waals surface area (Å²) in [4.78, 5) is 11.7. The van der Waals surface area contributed by atoms with Crippen molar-refractivity contribution in [2.45, 2.75) is 58.3 Å². The van der Waals surface area contributed by atoms with E-state index in [1.54, 1.807) is 0 Å². The minimum absolute atomic E-state index is 0.320. The highest BCUT2D eigenvalue weighted by Crippen LogP contribution is 2.25. The Labute approximate surface area is 134 Å². The fourth-order valence-electron chi connectivity index (χ4n) is 2.31. The van der Waals surface area contributed by atoms with Gasteiger partial charge in [0, 0.05) is 18.3 Å². The molecule has 1 aliphatic heterocycles. The van der Waals surface area contributed by atoms with Crippen molar-refractivity contribution in [3.8, 4) is 0 Å². The van der Waals surface area contributed by atoms with Gasteiger partial charge in [0.15, 0.2) is 0 Å². The summed E-state index contributed by atoms with van der Waals surface area (Å²) >= 11 is 2.07. The number of rotatable bonds is 7. The number of hydrogen-bond donors (Lipinski definition) is 2. The van der Waals surface area contributed by atoms with Gasteiger partial charge in [-0.2, -0.15) is 11.8 Å². The molecule has 0 radical (unpaired) electrons. The fraction of sp³-hybridized carbons (Fsp3) is 0.938. The van der Waals surface area contributed by atoms with Crippen LogP contribution >= 0.6 is 11.8 Å². The number of nitrogens with one attached hydrogen (secondary N) is 2. The normalized spacial score (nSPS) is 20.6. The van der Waals surface area contributed by atoms with Crippen LogP contribution in [0.5, 0.6) is 0 Å². The Morgan fingerprint density at radius 2 is 2.05 bits per heavy atom. The Bertz CT molecular complexity index is 310. The van der Waals surface area contributed by atoms with Gasteiger partial charge in [0.2, 0.25) is 0 Å². The third-order valence-corrected chi connectivity index (χ3v) is 5.05. The van der Waals surface area contributed by atoms with Gasteiger partial charge in [0.1, 0.15) is 5.60 Å². The summed E-state index contributed by atoms with van der Waals surface area (Å²) in [7, 11) is 0. The summed E-state index contributed by atoms with van der Waals surface area (Å²) in [6, 6.07) is 0. The third-order valence-electron chi connectivity index (χ3n) is 3.65. The molecule has 0 aromatic rings. The molecular formula is C16H32N2O2S. The maximum absolute atomic E-state index is 11.7. The summed E-state index contributed by atoms with van der Waals surface area (Å²) in [6.07, 6.45) is 2.37. The third kappa shape index (κ3) is 8.57. The minimum atomic E-state index is -0.435. The van der Waals surface area contributed by atoms with Crippen molar-refractivity contribution in [2.75, 3.05) is 25.4 Å². The SMILES string of the molecule is CC(C)C(CNCC1CCCS1)CNC(=O)OC(C)(C)C. The van der Waals surface area contributed by atoms with Crippen LogP contribution in [0, 0.1) is 11.8 Å². The molecule has 2 atom stereocenters. The largest absolute Gasteiger partial charge is 0.444 e. The van der Waals surface area contributed by atoms with E-state index in [9.17, 15) is 4.79 Å². The summed E-state index contributed by atoms with van der Waals surface area (Å²) in [5.74, 6) is 2.27. The highest BCUT2D eigenvalue weighted by atomic mass is 32.2. The summed E-state index contributed by atoms with van der Waals surface area (Å²) in [5.41, 5.74) is -0.435. The molecule has 21 heavy (non-hydrogen) atoms. The van der Waals surface area contributed by atoms with Gasteiger partial charge in [0.25, 0.3) is 0 Å². The monoisotopic (exact) mass is 316 g/mol. The van der Waals surface area contributed by atoms with E-state index in [1.165, 1.54) is 18.6 Å². The van der Waals surface area contributed by atoms with E-state index in [0.29, 0.717) is 18.4 Å². The average Bonchev–Trinajstić information content (AvgIpc) is 2.83. The van der Waals surface area contributed by atoms with Crippen LogP contribution in [0.3, 0.4) is 0 Å². The predicted octanol–water partition coefficient (Wildman–Crippen LogP) is 3.27. The second kappa shape index (κ2) is 8.89. The first kappa shape index (κ1) is 18.6. The van der Waals surface area contributed by atoms with Crippen LogP contribution in [0.2, 0.25) is 0 Å². The molecular weight excluding hydrogens is 284 g/mol. The van der Waals surface area contributed by atoms with Crippen molar-refractivity contribution in [1.29, 1.82) is 0 Å². The molecule has 1 aliphatic rings. The quantitative estimate of drug-likeness (QED) is 0.757. The summed E-state index contributed by atoms with van der Waals surface area (Å²) in [6.45, 7) is 12.7. The number of carbonyl (C=O) groups excluding carboxylic acids is 1. The first-order chi connectivity index (χ1) is 9.78. The molecule has 0 spiro atoms. The van der Waals surface area contributed by atoms with Crippen molar-refractivity contribution in [1.82, 2.24) is 10.6 Å². The highest BCUT2D eigenvalue weighted by molar-refractivity contribution is 8.00. The Hall–Kier alpha value is -0.420. The van der Waals surface area contributed by atoms with Gasteiger partial charge in [-0.3, -0.25) is 0 Å². The van der Waals surface area contributed by atoms with E-state index >= 15 is 0 Å². The van der Waals surface area contributed by atoms with E-state index in [0.717, 1.165) is 18.3 Å². The molecule has 2 N–H and O–H groups in total. The first-order valence-electron chi connectivity index (χ1n) is 8.07. The molecule has 0 aliphatic carbocycles. The second-order valence-electron chi connectivity index (χ2n) is 7.18. The molecule has 1 heterocycles. The van der Waals surface area contributed by atoms with E-state index in [-0.39, 0.29) is 6.09 Å². The molecule has 1 amide bonds. The average molecular weight is 317 g/mol. The predicted molar refractivity (Wildman–Crippen MR) is 90.9 cm³/mol. The number of carbonyl (C=O) groups is 1. The molecule has 124 valence electrons. The van der Waals surface area contributed by atoms with Crippen LogP contribution in [0.25, 0.3) is 0 Å². The van der Waals surface area contributed by atoms with Crippen LogP contribution in [0.4, 0.5) is 4.79 Å². The molecule has 2 unspecified atom stereocenters. The van der Waals surface area contributed by atoms with E-state index < -0.39 is 5.60 Å². The van der Waals surface area contributed by atoms with Gasteiger partial charge in [0.05, 0.1) is 0 Å². The van der Waals surface area contributed by atoms with Gasteiger partial charge >= 0.3 is 6.09 Å². The van der Waals surface area contributed by atoms with Crippen molar-refractivity contribution in [2.24, 2.45) is 11.8 Å². The highest BCUT2D eigenvalue weighted by Gasteiger charge is 2.20. The zero-order valence-electron chi connectivity index (χ0n) is 14.2. The van der Waals surface area contributed by atoms with Gasteiger partial charge in [-0.1, -0.05) is 13.8 Å². The minimum Gasteiger partial charge on any atom is -0.444 e. The maximum atomic E-state index is 11.7. The Morgan fingerprint density at radius 1 is 1.33 bits per heavy atom. The number of hydrogen-bond acceptors (Lipinski definition) is 4. The Kier molecular flexibility index (Phi) is 7.88. The standard InChI is InChI=1S/C16H32N2O2S/c1-12(2)13(9-17-11-14-7-6-8-21-14)10-18-15(19)20-16(3,4)5/h12-14,17H,6-11H2,1-5H3,(H,18,19). The lowest BCUT2D eigenvalue weighted by molar-refractivity contribution is 0.0515. The lowest BCUT2D eigenvalue weighted by Crippen LogP contribution is -2.40. The Morgan fingerprint density at radius 3 is 2.57 bits per heavy atom. The zero-order chi connectivity index (χ0) is 15.9. The zero-order valence-corrected chi connectivity index (χ0v) is 15.0. The van der Waals surface area contributed by atoms with Crippen LogP contribution < -0.4 is 10.6 Å². The van der Waals surface area contributed by atoms with Crippen molar-refractivity contribution < 1.29 is 9.53 Å². The van der Waals surface area contributed by atoms with Crippen LogP contribution in [-0.2, 0) is 4.74 Å². The van der Waals surface area contributed by atoms with Crippen LogP contribution in [0.15, 0.2) is 0 Å². The lowest BCUT2D eigenvalue weighted by atomic mass is 9.95. The lowest BCUT2D eigenvalue weighted by Gasteiger charge is -2.24. The molecule has 0 bridgehead atoms. The molecule has 1 saturated heterocycles. The summed E-state index contributed by atoms with van der Waals surface area (Å²) < 4.78 is 5.28. The topological polar surface area (TPSA) is 50.4 Å². The van der Waals surface area contributed by atoms with Crippen molar-refractivity contribution in [3.63, 3.8) is 0 Å². The maximum Gasteiger partial charge on any atom is 0.407 e. The smallest absolute Gasteiger partial charge is 0.407 e. The summed E-state index contributed by atoms with van der Waals surface area (Å²) in [5, 5.41) is 7.24. The number of alkyl carbamates (subject to hydrolysis) is 1. The second-order valence-corrected chi connectivity index (χ2v) is 8.59. The molecule has 4 nitrogen and oxygen atoms in total. The van der Waals surface area contributed by atoms with Crippen molar-refractivity contribution in [3.05, 3.63) is 0 Å². The van der Waals surface area contributed by atoms with Gasteiger partial charge in [-0.05, 0) is 57.7 Å². The molecule has 0 aromatic carbocycles. The van der Waals surface area contributed by atoms with E-state index in [2.05, 4.69) is 36.2 Å². The Balaban J connectivity index is 2.24. The molecule has 0 saturated carbocycles. The van der Waals surface area contributed by atoms with Crippen molar-refractivity contribution >= 4 is 17.9 Å². The van der Waals surface area contributed by atoms with Crippen LogP contribution in [-0.4, -0.2) is 42.3 Å². The number of ether oxygens (including phenoxy) is 1. The molecule has 5 heteroatoms. The number of thioether (sulfide) groups is 1. The molecule has 1 rings (SSSR count). The molecule has 1 fully saturated rings.